The Morgan fingerprint density at radius 2 is 1.66 bits per heavy atom. The highest BCUT2D eigenvalue weighted by molar-refractivity contribution is 5.93. The Morgan fingerprint density at radius 3 is 2.34 bits per heavy atom. The lowest BCUT2D eigenvalue weighted by Crippen LogP contribution is -2.39. The topological polar surface area (TPSA) is 90.4 Å². The number of nitrogens with zero attached hydrogens (tertiary/aromatic N) is 4. The van der Waals surface area contributed by atoms with Gasteiger partial charge in [-0.1, -0.05) is 6.07 Å². The van der Waals surface area contributed by atoms with Crippen LogP contribution in [0.25, 0.3) is 10.9 Å². The van der Waals surface area contributed by atoms with Crippen LogP contribution in [0.4, 0.5) is 11.8 Å². The minimum Gasteiger partial charge on any atom is -0.493 e. The molecule has 0 aliphatic carbocycles. The van der Waals surface area contributed by atoms with Crippen LogP contribution in [0.1, 0.15) is 39.2 Å². The fourth-order valence-corrected chi connectivity index (χ4v) is 5.47. The van der Waals surface area contributed by atoms with Gasteiger partial charge >= 0.3 is 0 Å². The van der Waals surface area contributed by atoms with Crippen LogP contribution in [-0.4, -0.2) is 87.2 Å². The van der Waals surface area contributed by atoms with Crippen molar-refractivity contribution in [3.8, 4) is 23.0 Å². The van der Waals surface area contributed by atoms with E-state index in [1.807, 2.05) is 39.0 Å². The van der Waals surface area contributed by atoms with Crippen molar-refractivity contribution in [2.75, 3.05) is 70.4 Å². The first-order chi connectivity index (χ1) is 20.0. The van der Waals surface area contributed by atoms with Crippen LogP contribution in [0.3, 0.4) is 0 Å². The SMILES string of the molecule is CCOc1cc(CN2CCC(Nc3nc(N4CCOCC4)c4cc(OC)c(OC)cc4n3)CC2)ccc1OC(C)C. The first kappa shape index (κ1) is 29.0. The molecular formula is C31H43N5O5. The largest absolute Gasteiger partial charge is 0.493 e. The molecule has 0 saturated carbocycles. The van der Waals surface area contributed by atoms with E-state index in [0.29, 0.717) is 43.3 Å². The molecule has 2 aliphatic rings. The molecule has 2 saturated heterocycles. The second-order valence-corrected chi connectivity index (χ2v) is 10.8. The van der Waals surface area contributed by atoms with Gasteiger partial charge in [0.2, 0.25) is 5.95 Å². The second kappa shape index (κ2) is 13.4. The van der Waals surface area contributed by atoms with Crippen LogP contribution in [0.5, 0.6) is 23.0 Å². The fourth-order valence-electron chi connectivity index (χ4n) is 5.47. The third-order valence-corrected chi connectivity index (χ3v) is 7.49. The lowest BCUT2D eigenvalue weighted by atomic mass is 10.0. The van der Waals surface area contributed by atoms with Crippen LogP contribution in [-0.2, 0) is 11.3 Å². The van der Waals surface area contributed by atoms with Gasteiger partial charge in [0.15, 0.2) is 23.0 Å². The zero-order chi connectivity index (χ0) is 28.8. The van der Waals surface area contributed by atoms with Gasteiger partial charge in [-0.2, -0.15) is 4.98 Å². The van der Waals surface area contributed by atoms with E-state index >= 15 is 0 Å². The van der Waals surface area contributed by atoms with Crippen LogP contribution < -0.4 is 29.2 Å². The molecule has 0 radical (unpaired) electrons. The van der Waals surface area contributed by atoms with Crippen LogP contribution in [0, 0.1) is 0 Å². The average Bonchev–Trinajstić information content (AvgIpc) is 2.98. The lowest BCUT2D eigenvalue weighted by Gasteiger charge is -2.33. The molecule has 0 atom stereocenters. The number of hydrogen-bond acceptors (Lipinski definition) is 10. The highest BCUT2D eigenvalue weighted by atomic mass is 16.5. The molecule has 10 nitrogen and oxygen atoms in total. The Bertz CT molecular complexity index is 1310. The molecule has 3 aromatic rings. The summed E-state index contributed by atoms with van der Waals surface area (Å²) >= 11 is 0. The van der Waals surface area contributed by atoms with Gasteiger partial charge in [-0.15, -0.1) is 0 Å². The Labute approximate surface area is 242 Å². The maximum absolute atomic E-state index is 5.93. The molecule has 0 amide bonds. The summed E-state index contributed by atoms with van der Waals surface area (Å²) in [5.41, 5.74) is 2.06. The van der Waals surface area contributed by atoms with Gasteiger partial charge in [0.05, 0.1) is 45.7 Å². The van der Waals surface area contributed by atoms with E-state index in [1.54, 1.807) is 14.2 Å². The van der Waals surface area contributed by atoms with Crippen molar-refractivity contribution in [1.29, 1.82) is 0 Å². The molecule has 0 spiro atoms. The van der Waals surface area contributed by atoms with Gasteiger partial charge in [-0.25, -0.2) is 4.98 Å². The molecule has 41 heavy (non-hydrogen) atoms. The summed E-state index contributed by atoms with van der Waals surface area (Å²) in [4.78, 5) is 14.7. The van der Waals surface area contributed by atoms with Crippen molar-refractivity contribution in [3.63, 3.8) is 0 Å². The molecule has 1 aromatic heterocycles. The van der Waals surface area contributed by atoms with Gasteiger partial charge in [-0.3, -0.25) is 4.90 Å². The van der Waals surface area contributed by atoms with Gasteiger partial charge < -0.3 is 33.9 Å². The number of rotatable bonds is 11. The van der Waals surface area contributed by atoms with Crippen LogP contribution >= 0.6 is 0 Å². The predicted molar refractivity (Wildman–Crippen MR) is 161 cm³/mol. The van der Waals surface area contributed by atoms with Gasteiger partial charge in [-0.05, 0) is 57.4 Å². The van der Waals surface area contributed by atoms with E-state index in [1.165, 1.54) is 5.56 Å². The molecule has 2 aromatic carbocycles. The van der Waals surface area contributed by atoms with E-state index in [-0.39, 0.29) is 6.10 Å². The third kappa shape index (κ3) is 7.05. The fraction of sp³-hybridized carbons (Fsp3) is 0.548. The summed E-state index contributed by atoms with van der Waals surface area (Å²) in [5.74, 6) is 4.48. The first-order valence-corrected chi connectivity index (χ1v) is 14.6. The number of ether oxygens (including phenoxy) is 5. The summed E-state index contributed by atoms with van der Waals surface area (Å²) < 4.78 is 28.5. The van der Waals surface area contributed by atoms with Crippen molar-refractivity contribution in [3.05, 3.63) is 35.9 Å². The molecule has 1 N–H and O–H groups in total. The summed E-state index contributed by atoms with van der Waals surface area (Å²) in [6.07, 6.45) is 2.12. The zero-order valence-corrected chi connectivity index (χ0v) is 24.9. The number of nitrogens with one attached hydrogen (secondary N) is 1. The Hall–Kier alpha value is -3.50. The van der Waals surface area contributed by atoms with E-state index in [4.69, 9.17) is 33.7 Å². The quantitative estimate of drug-likeness (QED) is 0.351. The Balaban J connectivity index is 1.28. The predicted octanol–water partition coefficient (Wildman–Crippen LogP) is 4.75. The van der Waals surface area contributed by atoms with Crippen LogP contribution in [0.15, 0.2) is 30.3 Å². The van der Waals surface area contributed by atoms with Gasteiger partial charge in [0, 0.05) is 50.2 Å². The number of anilines is 2. The number of aromatic nitrogens is 2. The monoisotopic (exact) mass is 565 g/mol. The van der Waals surface area contributed by atoms with Crippen molar-refractivity contribution in [1.82, 2.24) is 14.9 Å². The molecule has 5 rings (SSSR count). The Morgan fingerprint density at radius 1 is 0.927 bits per heavy atom. The van der Waals surface area contributed by atoms with Gasteiger partial charge in [0.1, 0.15) is 5.82 Å². The first-order valence-electron chi connectivity index (χ1n) is 14.6. The molecule has 2 aliphatic heterocycles. The minimum absolute atomic E-state index is 0.105. The summed E-state index contributed by atoms with van der Waals surface area (Å²) in [5, 5.41) is 4.58. The van der Waals surface area contributed by atoms with E-state index in [2.05, 4.69) is 27.2 Å². The molecule has 3 heterocycles. The minimum atomic E-state index is 0.105. The number of morpholine rings is 1. The Kier molecular flexibility index (Phi) is 9.51. The number of likely N-dealkylation sites (tertiary alicyclic amines) is 1. The molecule has 222 valence electrons. The molecule has 0 unspecified atom stereocenters. The highest BCUT2D eigenvalue weighted by Gasteiger charge is 2.23. The highest BCUT2D eigenvalue weighted by Crippen LogP contribution is 2.36. The van der Waals surface area contributed by atoms with Crippen molar-refractivity contribution in [2.24, 2.45) is 0 Å². The van der Waals surface area contributed by atoms with E-state index in [0.717, 1.165) is 73.8 Å². The number of piperidine rings is 1. The number of methoxy groups -OCH3 is 2. The van der Waals surface area contributed by atoms with E-state index < -0.39 is 0 Å². The van der Waals surface area contributed by atoms with Crippen molar-refractivity contribution >= 4 is 22.7 Å². The van der Waals surface area contributed by atoms with Gasteiger partial charge in [0.25, 0.3) is 0 Å². The normalized spacial score (nSPS) is 16.7. The standard InChI is InChI=1S/C31H43N5O5/c1-6-40-29-17-22(7-8-26(29)41-21(2)3)20-35-11-9-23(10-12-35)32-31-33-25-19-28(38-5)27(37-4)18-24(25)30(34-31)36-13-15-39-16-14-36/h7-8,17-19,21,23H,6,9-16,20H2,1-5H3,(H,32,33,34). The molecule has 10 heteroatoms. The second-order valence-electron chi connectivity index (χ2n) is 10.8. The van der Waals surface area contributed by atoms with Crippen molar-refractivity contribution < 1.29 is 23.7 Å². The summed E-state index contributed by atoms with van der Waals surface area (Å²) in [6.45, 7) is 12.5. The number of benzene rings is 2. The van der Waals surface area contributed by atoms with E-state index in [9.17, 15) is 0 Å². The number of hydrogen-bond donors (Lipinski definition) is 1. The van der Waals surface area contributed by atoms with Crippen molar-refractivity contribution in [2.45, 2.75) is 52.3 Å². The smallest absolute Gasteiger partial charge is 0.225 e. The summed E-state index contributed by atoms with van der Waals surface area (Å²) in [6, 6.07) is 10.5. The van der Waals surface area contributed by atoms with Crippen LogP contribution in [0.2, 0.25) is 0 Å². The third-order valence-electron chi connectivity index (χ3n) is 7.49. The number of fused-ring (bicyclic) bond motifs is 1. The maximum Gasteiger partial charge on any atom is 0.225 e. The lowest BCUT2D eigenvalue weighted by molar-refractivity contribution is 0.122. The average molecular weight is 566 g/mol. The molecular weight excluding hydrogens is 522 g/mol. The summed E-state index contributed by atoms with van der Waals surface area (Å²) in [7, 11) is 3.29. The maximum atomic E-state index is 5.93. The zero-order valence-electron chi connectivity index (χ0n) is 24.9. The molecule has 0 bridgehead atoms. The molecule has 2 fully saturated rings.